The average Bonchev–Trinajstić information content (AvgIpc) is 2.67. The lowest BCUT2D eigenvalue weighted by atomic mass is 9.98. The molecule has 0 aromatic heterocycles. The molecular formula is C23H29FN2O3S. The van der Waals surface area contributed by atoms with Crippen LogP contribution in [-0.2, 0) is 14.8 Å². The summed E-state index contributed by atoms with van der Waals surface area (Å²) in [5, 5.41) is 2.94. The molecule has 5 nitrogen and oxygen atoms in total. The molecule has 1 aliphatic rings. The van der Waals surface area contributed by atoms with Crippen molar-refractivity contribution in [3.05, 3.63) is 64.5 Å². The first-order valence-corrected chi connectivity index (χ1v) is 11.7. The number of carbonyl (C=O) groups excluding carboxylic acids is 1. The van der Waals surface area contributed by atoms with Gasteiger partial charge < -0.3 is 5.32 Å². The number of rotatable bonds is 5. The molecule has 0 aliphatic carbocycles. The Morgan fingerprint density at radius 1 is 1.13 bits per heavy atom. The van der Waals surface area contributed by atoms with E-state index in [1.165, 1.54) is 16.4 Å². The van der Waals surface area contributed by atoms with Gasteiger partial charge in [-0.3, -0.25) is 4.79 Å². The molecular weight excluding hydrogens is 403 g/mol. The number of hydrogen-bond acceptors (Lipinski definition) is 3. The van der Waals surface area contributed by atoms with Crippen LogP contribution < -0.4 is 5.32 Å². The van der Waals surface area contributed by atoms with Crippen LogP contribution in [0.1, 0.15) is 48.1 Å². The van der Waals surface area contributed by atoms with Crippen LogP contribution in [0.2, 0.25) is 0 Å². The van der Waals surface area contributed by atoms with Crippen LogP contribution >= 0.6 is 0 Å². The number of amides is 1. The SMILES string of the molecule is Cc1cc(C)c(S(=O)(=O)N2CCC[C@H](C(=O)N[C@@H](C)c3ccc(F)cc3)C2)c(C)c1. The summed E-state index contributed by atoms with van der Waals surface area (Å²) in [6.45, 7) is 7.97. The first-order valence-electron chi connectivity index (χ1n) is 10.2. The maximum absolute atomic E-state index is 13.3. The normalized spacial score (nSPS) is 18.8. The second-order valence-corrected chi connectivity index (χ2v) is 10.1. The molecule has 0 saturated carbocycles. The standard InChI is InChI=1S/C23H29FN2O3S/c1-15-12-16(2)22(17(3)13-15)30(28,29)26-11-5-6-20(14-26)23(27)25-18(4)19-7-9-21(24)10-8-19/h7-10,12-13,18,20H,5-6,11,14H2,1-4H3,(H,25,27)/t18-,20-/m0/s1. The summed E-state index contributed by atoms with van der Waals surface area (Å²) in [5.74, 6) is -0.918. The number of sulfonamides is 1. The smallest absolute Gasteiger partial charge is 0.243 e. The van der Waals surface area contributed by atoms with Gasteiger partial charge in [-0.25, -0.2) is 12.8 Å². The largest absolute Gasteiger partial charge is 0.349 e. The van der Waals surface area contributed by atoms with Gasteiger partial charge in [0.1, 0.15) is 5.82 Å². The quantitative estimate of drug-likeness (QED) is 0.776. The predicted octanol–water partition coefficient (Wildman–Crippen LogP) is 4.03. The van der Waals surface area contributed by atoms with E-state index in [9.17, 15) is 17.6 Å². The minimum Gasteiger partial charge on any atom is -0.349 e. The predicted molar refractivity (Wildman–Crippen MR) is 115 cm³/mol. The van der Waals surface area contributed by atoms with Gasteiger partial charge in [0.25, 0.3) is 0 Å². The molecule has 1 fully saturated rings. The molecule has 1 heterocycles. The molecule has 2 aromatic rings. The Bertz CT molecular complexity index is 1010. The highest BCUT2D eigenvalue weighted by Crippen LogP contribution is 2.29. The third-order valence-electron chi connectivity index (χ3n) is 5.69. The van der Waals surface area contributed by atoms with Gasteiger partial charge in [-0.15, -0.1) is 0 Å². The molecule has 1 N–H and O–H groups in total. The van der Waals surface area contributed by atoms with Crippen molar-refractivity contribution in [1.82, 2.24) is 9.62 Å². The van der Waals surface area contributed by atoms with E-state index >= 15 is 0 Å². The van der Waals surface area contributed by atoms with Crippen LogP contribution in [0.5, 0.6) is 0 Å². The maximum Gasteiger partial charge on any atom is 0.243 e. The molecule has 7 heteroatoms. The van der Waals surface area contributed by atoms with E-state index < -0.39 is 15.9 Å². The average molecular weight is 433 g/mol. The number of benzene rings is 2. The number of aryl methyl sites for hydroxylation is 3. The lowest BCUT2D eigenvalue weighted by Crippen LogP contribution is -2.46. The zero-order chi connectivity index (χ0) is 22.1. The van der Waals surface area contributed by atoms with Crippen molar-refractivity contribution in [1.29, 1.82) is 0 Å². The van der Waals surface area contributed by atoms with E-state index in [-0.39, 0.29) is 24.3 Å². The van der Waals surface area contributed by atoms with Crippen molar-refractivity contribution in [2.75, 3.05) is 13.1 Å². The van der Waals surface area contributed by atoms with E-state index in [1.54, 1.807) is 12.1 Å². The second kappa shape index (κ2) is 8.86. The van der Waals surface area contributed by atoms with Gasteiger partial charge in [-0.05, 0) is 69.4 Å². The summed E-state index contributed by atoms with van der Waals surface area (Å²) in [4.78, 5) is 13.2. The van der Waals surface area contributed by atoms with E-state index in [4.69, 9.17) is 0 Å². The zero-order valence-electron chi connectivity index (χ0n) is 17.9. The summed E-state index contributed by atoms with van der Waals surface area (Å²) in [6.07, 6.45) is 1.27. The number of nitrogens with one attached hydrogen (secondary N) is 1. The lowest BCUT2D eigenvalue weighted by molar-refractivity contribution is -0.126. The molecule has 1 saturated heterocycles. The van der Waals surface area contributed by atoms with Crippen LogP contribution in [0.25, 0.3) is 0 Å². The number of piperidine rings is 1. The lowest BCUT2D eigenvalue weighted by Gasteiger charge is -2.32. The van der Waals surface area contributed by atoms with Crippen LogP contribution in [-0.4, -0.2) is 31.7 Å². The van der Waals surface area contributed by atoms with Crippen molar-refractivity contribution < 1.29 is 17.6 Å². The Hall–Kier alpha value is -2.25. The van der Waals surface area contributed by atoms with Crippen molar-refractivity contribution in [3.8, 4) is 0 Å². The Morgan fingerprint density at radius 2 is 1.73 bits per heavy atom. The first kappa shape index (κ1) is 22.4. The topological polar surface area (TPSA) is 66.5 Å². The molecule has 30 heavy (non-hydrogen) atoms. The van der Waals surface area contributed by atoms with Gasteiger partial charge >= 0.3 is 0 Å². The molecule has 2 atom stereocenters. The van der Waals surface area contributed by atoms with Crippen LogP contribution in [0, 0.1) is 32.5 Å². The molecule has 2 aromatic carbocycles. The van der Waals surface area contributed by atoms with Crippen molar-refractivity contribution in [2.45, 2.75) is 51.5 Å². The zero-order valence-corrected chi connectivity index (χ0v) is 18.7. The number of hydrogen-bond donors (Lipinski definition) is 1. The molecule has 1 amide bonds. The molecule has 3 rings (SSSR count). The highest BCUT2D eigenvalue weighted by atomic mass is 32.2. The molecule has 0 unspecified atom stereocenters. The third-order valence-corrected chi connectivity index (χ3v) is 7.86. The fraction of sp³-hybridized carbons (Fsp3) is 0.435. The van der Waals surface area contributed by atoms with Crippen LogP contribution in [0.4, 0.5) is 4.39 Å². The van der Waals surface area contributed by atoms with Gasteiger partial charge in [0, 0.05) is 13.1 Å². The van der Waals surface area contributed by atoms with Crippen molar-refractivity contribution >= 4 is 15.9 Å². The van der Waals surface area contributed by atoms with Crippen LogP contribution in [0.15, 0.2) is 41.3 Å². The highest BCUT2D eigenvalue weighted by molar-refractivity contribution is 7.89. The van der Waals surface area contributed by atoms with E-state index in [1.807, 2.05) is 39.8 Å². The minimum atomic E-state index is -3.68. The Morgan fingerprint density at radius 3 is 2.33 bits per heavy atom. The highest BCUT2D eigenvalue weighted by Gasteiger charge is 2.35. The second-order valence-electron chi connectivity index (χ2n) is 8.21. The number of nitrogens with zero attached hydrogens (tertiary/aromatic N) is 1. The summed E-state index contributed by atoms with van der Waals surface area (Å²) in [6, 6.07) is 9.46. The van der Waals surface area contributed by atoms with Crippen molar-refractivity contribution in [3.63, 3.8) is 0 Å². The molecule has 0 bridgehead atoms. The van der Waals surface area contributed by atoms with Gasteiger partial charge in [-0.1, -0.05) is 29.8 Å². The molecule has 0 radical (unpaired) electrons. The summed E-state index contributed by atoms with van der Waals surface area (Å²) < 4.78 is 41.3. The van der Waals surface area contributed by atoms with E-state index in [2.05, 4.69) is 5.32 Å². The minimum absolute atomic E-state index is 0.164. The van der Waals surface area contributed by atoms with Gasteiger partial charge in [0.2, 0.25) is 15.9 Å². The third kappa shape index (κ3) is 4.73. The first-order chi connectivity index (χ1) is 14.1. The molecule has 1 aliphatic heterocycles. The fourth-order valence-electron chi connectivity index (χ4n) is 4.24. The van der Waals surface area contributed by atoms with E-state index in [0.29, 0.717) is 24.3 Å². The van der Waals surface area contributed by atoms with Crippen molar-refractivity contribution in [2.24, 2.45) is 5.92 Å². The Kier molecular flexibility index (Phi) is 6.62. The maximum atomic E-state index is 13.3. The molecule has 0 spiro atoms. The van der Waals surface area contributed by atoms with Gasteiger partial charge in [0.15, 0.2) is 0 Å². The Labute approximate surface area is 178 Å². The van der Waals surface area contributed by atoms with Gasteiger partial charge in [-0.2, -0.15) is 4.31 Å². The summed E-state index contributed by atoms with van der Waals surface area (Å²) >= 11 is 0. The van der Waals surface area contributed by atoms with Gasteiger partial charge in [0.05, 0.1) is 16.9 Å². The Balaban J connectivity index is 1.74. The number of halogens is 1. The molecule has 162 valence electrons. The number of carbonyl (C=O) groups is 1. The monoisotopic (exact) mass is 432 g/mol. The summed E-state index contributed by atoms with van der Waals surface area (Å²) in [5.41, 5.74) is 3.28. The fourth-order valence-corrected chi connectivity index (χ4v) is 6.18. The summed E-state index contributed by atoms with van der Waals surface area (Å²) in [7, 11) is -3.68. The van der Waals surface area contributed by atoms with Crippen LogP contribution in [0.3, 0.4) is 0 Å². The van der Waals surface area contributed by atoms with E-state index in [0.717, 1.165) is 22.3 Å².